The molecule has 1 aromatic carbocycles. The lowest BCUT2D eigenvalue weighted by Crippen LogP contribution is -2.53. The van der Waals surface area contributed by atoms with Gasteiger partial charge in [-0.2, -0.15) is 0 Å². The zero-order valence-corrected chi connectivity index (χ0v) is 11.3. The first-order valence-corrected chi connectivity index (χ1v) is 6.98. The van der Waals surface area contributed by atoms with E-state index in [0.29, 0.717) is 13.1 Å². The Kier molecular flexibility index (Phi) is 3.19. The van der Waals surface area contributed by atoms with Gasteiger partial charge in [-0.25, -0.2) is 0 Å². The van der Waals surface area contributed by atoms with Crippen LogP contribution in [0.1, 0.15) is 28.8 Å². The lowest BCUT2D eigenvalue weighted by Gasteiger charge is -2.36. The Hall–Kier alpha value is -1.55. The van der Waals surface area contributed by atoms with Gasteiger partial charge in [-0.05, 0) is 31.9 Å². The summed E-state index contributed by atoms with van der Waals surface area (Å²) in [6.07, 6.45) is 2.05. The quantitative estimate of drug-likeness (QED) is 0.874. The van der Waals surface area contributed by atoms with Crippen LogP contribution in [-0.4, -0.2) is 48.2 Å². The molecule has 3 rings (SSSR count). The van der Waals surface area contributed by atoms with Gasteiger partial charge >= 0.3 is 0 Å². The van der Waals surface area contributed by atoms with Gasteiger partial charge in [-0.1, -0.05) is 11.6 Å². The number of likely N-dealkylation sites (tertiary alicyclic amines) is 1. The number of anilines is 1. The van der Waals surface area contributed by atoms with E-state index >= 15 is 0 Å². The van der Waals surface area contributed by atoms with Crippen molar-refractivity contribution in [3.63, 3.8) is 0 Å². The summed E-state index contributed by atoms with van der Waals surface area (Å²) in [5.74, 6) is 0.0518. The van der Waals surface area contributed by atoms with Crippen molar-refractivity contribution >= 4 is 11.6 Å². The van der Waals surface area contributed by atoms with Crippen LogP contribution in [0.15, 0.2) is 18.2 Å². The van der Waals surface area contributed by atoms with Crippen LogP contribution in [-0.2, 0) is 0 Å². The average Bonchev–Trinajstić information content (AvgIpc) is 2.88. The molecule has 0 bridgehead atoms. The van der Waals surface area contributed by atoms with Gasteiger partial charge in [0.1, 0.15) is 0 Å². The highest BCUT2D eigenvalue weighted by atomic mass is 16.3. The number of hydrogen-bond acceptors (Lipinski definition) is 3. The zero-order valence-electron chi connectivity index (χ0n) is 11.3. The molecule has 4 heteroatoms. The second kappa shape index (κ2) is 4.85. The van der Waals surface area contributed by atoms with Crippen molar-refractivity contribution in [2.45, 2.75) is 25.9 Å². The van der Waals surface area contributed by atoms with Gasteiger partial charge in [0.15, 0.2) is 0 Å². The molecule has 2 fully saturated rings. The van der Waals surface area contributed by atoms with Crippen LogP contribution in [0.4, 0.5) is 5.69 Å². The SMILES string of the molecule is Cc1ccc(N2CCCC2)c(C(=O)N2CC(O)C2)c1. The molecule has 2 aliphatic rings. The maximum Gasteiger partial charge on any atom is 0.256 e. The number of aliphatic hydroxyl groups is 1. The van der Waals surface area contributed by atoms with Crippen molar-refractivity contribution in [1.82, 2.24) is 4.90 Å². The maximum absolute atomic E-state index is 12.5. The smallest absolute Gasteiger partial charge is 0.256 e. The van der Waals surface area contributed by atoms with Crippen molar-refractivity contribution < 1.29 is 9.90 Å². The summed E-state index contributed by atoms with van der Waals surface area (Å²) in [5.41, 5.74) is 2.94. The van der Waals surface area contributed by atoms with Gasteiger partial charge in [-0.15, -0.1) is 0 Å². The molecule has 0 radical (unpaired) electrons. The maximum atomic E-state index is 12.5. The number of hydrogen-bond donors (Lipinski definition) is 1. The van der Waals surface area contributed by atoms with Crippen molar-refractivity contribution in [3.8, 4) is 0 Å². The predicted octanol–water partition coefficient (Wildman–Crippen LogP) is 1.41. The van der Waals surface area contributed by atoms with Crippen LogP contribution < -0.4 is 4.90 Å². The number of benzene rings is 1. The first kappa shape index (κ1) is 12.5. The Labute approximate surface area is 113 Å². The Balaban J connectivity index is 1.89. The van der Waals surface area contributed by atoms with Crippen LogP contribution in [0.2, 0.25) is 0 Å². The van der Waals surface area contributed by atoms with E-state index in [2.05, 4.69) is 17.0 Å². The summed E-state index contributed by atoms with van der Waals surface area (Å²) in [4.78, 5) is 16.5. The van der Waals surface area contributed by atoms with Gasteiger partial charge in [0.25, 0.3) is 5.91 Å². The molecule has 0 unspecified atom stereocenters. The first-order chi connectivity index (χ1) is 9.15. The van der Waals surface area contributed by atoms with E-state index in [4.69, 9.17) is 0 Å². The van der Waals surface area contributed by atoms with E-state index in [1.54, 1.807) is 4.90 Å². The summed E-state index contributed by atoms with van der Waals surface area (Å²) in [5, 5.41) is 9.35. The minimum atomic E-state index is -0.344. The minimum Gasteiger partial charge on any atom is -0.389 e. The van der Waals surface area contributed by atoms with Gasteiger partial charge in [0.2, 0.25) is 0 Å². The number of nitrogens with zero attached hydrogens (tertiary/aromatic N) is 2. The third-order valence-electron chi connectivity index (χ3n) is 3.98. The van der Waals surface area contributed by atoms with Crippen molar-refractivity contribution in [2.75, 3.05) is 31.1 Å². The molecule has 102 valence electrons. The molecule has 0 spiro atoms. The number of aliphatic hydroxyl groups excluding tert-OH is 1. The van der Waals surface area contributed by atoms with Gasteiger partial charge in [0.05, 0.1) is 11.7 Å². The molecule has 1 aromatic rings. The number of aryl methyl sites for hydroxylation is 1. The van der Waals surface area contributed by atoms with E-state index in [0.717, 1.165) is 29.9 Å². The third kappa shape index (κ3) is 2.32. The minimum absolute atomic E-state index is 0.0518. The lowest BCUT2D eigenvalue weighted by atomic mass is 10.0. The van der Waals surface area contributed by atoms with Crippen LogP contribution in [0.3, 0.4) is 0 Å². The van der Waals surface area contributed by atoms with Gasteiger partial charge < -0.3 is 14.9 Å². The standard InChI is InChI=1S/C15H20N2O2/c1-11-4-5-14(16-6-2-3-7-16)13(8-11)15(19)17-9-12(18)10-17/h4-5,8,12,18H,2-3,6-7,9-10H2,1H3. The fourth-order valence-electron chi connectivity index (χ4n) is 2.85. The Morgan fingerprint density at radius 1 is 1.26 bits per heavy atom. The molecule has 0 atom stereocenters. The first-order valence-electron chi connectivity index (χ1n) is 6.98. The molecule has 2 saturated heterocycles. The highest BCUT2D eigenvalue weighted by Gasteiger charge is 2.31. The van der Waals surface area contributed by atoms with Crippen molar-refractivity contribution in [3.05, 3.63) is 29.3 Å². The molecule has 1 N–H and O–H groups in total. The van der Waals surface area contributed by atoms with E-state index in [9.17, 15) is 9.90 Å². The molecular weight excluding hydrogens is 240 g/mol. The van der Waals surface area contributed by atoms with Gasteiger partial charge in [-0.3, -0.25) is 4.79 Å². The summed E-state index contributed by atoms with van der Waals surface area (Å²) in [7, 11) is 0. The van der Waals surface area contributed by atoms with E-state index in [1.165, 1.54) is 12.8 Å². The summed E-state index contributed by atoms with van der Waals surface area (Å²) >= 11 is 0. The van der Waals surface area contributed by atoms with E-state index < -0.39 is 0 Å². The molecule has 0 saturated carbocycles. The van der Waals surface area contributed by atoms with Crippen molar-refractivity contribution in [2.24, 2.45) is 0 Å². The van der Waals surface area contributed by atoms with Crippen molar-refractivity contribution in [1.29, 1.82) is 0 Å². The zero-order chi connectivity index (χ0) is 13.4. The predicted molar refractivity (Wildman–Crippen MR) is 74.5 cm³/mol. The normalized spacial score (nSPS) is 19.7. The fraction of sp³-hybridized carbons (Fsp3) is 0.533. The van der Waals surface area contributed by atoms with Crippen LogP contribution >= 0.6 is 0 Å². The number of carbonyl (C=O) groups excluding carboxylic acids is 1. The van der Waals surface area contributed by atoms with Crippen LogP contribution in [0, 0.1) is 6.92 Å². The Morgan fingerprint density at radius 3 is 2.58 bits per heavy atom. The third-order valence-corrected chi connectivity index (χ3v) is 3.98. The number of amides is 1. The molecule has 19 heavy (non-hydrogen) atoms. The molecule has 1 amide bonds. The van der Waals surface area contributed by atoms with Crippen LogP contribution in [0.5, 0.6) is 0 Å². The lowest BCUT2D eigenvalue weighted by molar-refractivity contribution is 0.00593. The fourth-order valence-corrected chi connectivity index (χ4v) is 2.85. The monoisotopic (exact) mass is 260 g/mol. The van der Waals surface area contributed by atoms with Gasteiger partial charge in [0, 0.05) is 31.9 Å². The highest BCUT2D eigenvalue weighted by Crippen LogP contribution is 2.28. The number of β-amino-alcohol motifs (C(OH)–C–C–N with tert-alkyl or cyclic N) is 1. The summed E-state index contributed by atoms with van der Waals surface area (Å²) in [6.45, 7) is 5.01. The highest BCUT2D eigenvalue weighted by molar-refractivity contribution is 6.00. The molecule has 4 nitrogen and oxygen atoms in total. The molecule has 2 aliphatic heterocycles. The number of carbonyl (C=O) groups is 1. The molecule has 2 heterocycles. The summed E-state index contributed by atoms with van der Waals surface area (Å²) in [6, 6.07) is 6.10. The summed E-state index contributed by atoms with van der Waals surface area (Å²) < 4.78 is 0. The van der Waals surface area contributed by atoms with E-state index in [-0.39, 0.29) is 12.0 Å². The van der Waals surface area contributed by atoms with Crippen LogP contribution in [0.25, 0.3) is 0 Å². The molecule has 0 aromatic heterocycles. The Bertz CT molecular complexity index is 489. The second-order valence-corrected chi connectivity index (χ2v) is 5.58. The topological polar surface area (TPSA) is 43.8 Å². The largest absolute Gasteiger partial charge is 0.389 e. The average molecular weight is 260 g/mol. The Morgan fingerprint density at radius 2 is 1.95 bits per heavy atom. The molecule has 0 aliphatic carbocycles. The van der Waals surface area contributed by atoms with E-state index in [1.807, 2.05) is 13.0 Å². The molecular formula is C15H20N2O2. The second-order valence-electron chi connectivity index (χ2n) is 5.58. The number of rotatable bonds is 2.